The lowest BCUT2D eigenvalue weighted by Crippen LogP contribution is -2.29. The first-order chi connectivity index (χ1) is 11.1. The van der Waals surface area contributed by atoms with Gasteiger partial charge in [-0.15, -0.1) is 5.10 Å². The van der Waals surface area contributed by atoms with Gasteiger partial charge in [-0.2, -0.15) is 5.10 Å². The molecule has 1 aliphatic heterocycles. The van der Waals surface area contributed by atoms with Crippen LogP contribution in [0.25, 0.3) is 0 Å². The topological polar surface area (TPSA) is 113 Å². The lowest BCUT2D eigenvalue weighted by Gasteiger charge is -2.17. The molecular formula is C13H18N6O3S. The molecule has 9 nitrogen and oxygen atoms in total. The molecule has 1 aliphatic rings. The van der Waals surface area contributed by atoms with Crippen molar-refractivity contribution in [3.63, 3.8) is 0 Å². The van der Waals surface area contributed by atoms with E-state index in [0.29, 0.717) is 12.4 Å². The van der Waals surface area contributed by atoms with Crippen molar-refractivity contribution in [1.82, 2.24) is 20.1 Å². The van der Waals surface area contributed by atoms with Gasteiger partial charge in [0.2, 0.25) is 10.0 Å². The number of nitrogens with zero attached hydrogens (tertiary/aromatic N) is 4. The van der Waals surface area contributed by atoms with Crippen LogP contribution < -0.4 is 14.9 Å². The zero-order valence-corrected chi connectivity index (χ0v) is 13.3. The predicted molar refractivity (Wildman–Crippen MR) is 83.7 cm³/mol. The first kappa shape index (κ1) is 15.7. The number of sulfonamides is 1. The fourth-order valence-electron chi connectivity index (χ4n) is 2.38. The van der Waals surface area contributed by atoms with Crippen molar-refractivity contribution >= 4 is 21.5 Å². The van der Waals surface area contributed by atoms with Crippen LogP contribution in [0.4, 0.5) is 11.5 Å². The van der Waals surface area contributed by atoms with Crippen molar-refractivity contribution < 1.29 is 12.9 Å². The summed E-state index contributed by atoms with van der Waals surface area (Å²) in [7, 11) is -3.58. The second-order valence-electron chi connectivity index (χ2n) is 5.18. The highest BCUT2D eigenvalue weighted by Crippen LogP contribution is 2.20. The smallest absolute Gasteiger partial charge is 0.245 e. The molecule has 3 heterocycles. The third-order valence-electron chi connectivity index (χ3n) is 3.55. The highest BCUT2D eigenvalue weighted by molar-refractivity contribution is 7.89. The highest BCUT2D eigenvalue weighted by Gasteiger charge is 2.16. The Labute approximate surface area is 134 Å². The van der Waals surface area contributed by atoms with Crippen LogP contribution >= 0.6 is 0 Å². The Kier molecular flexibility index (Phi) is 4.72. The summed E-state index contributed by atoms with van der Waals surface area (Å²) in [6.07, 6.45) is 6.36. The average molecular weight is 338 g/mol. The molecular weight excluding hydrogens is 320 g/mol. The number of aromatic nitrogens is 3. The lowest BCUT2D eigenvalue weighted by atomic mass is 10.4. The Balaban J connectivity index is 1.50. The molecule has 0 atom stereocenters. The molecule has 2 aromatic rings. The van der Waals surface area contributed by atoms with Crippen LogP contribution in [0.2, 0.25) is 0 Å². The molecule has 2 N–H and O–H groups in total. The molecule has 0 saturated carbocycles. The van der Waals surface area contributed by atoms with E-state index in [9.17, 15) is 8.42 Å². The van der Waals surface area contributed by atoms with E-state index in [1.807, 2.05) is 6.07 Å². The van der Waals surface area contributed by atoms with Gasteiger partial charge in [0.05, 0.1) is 18.1 Å². The molecule has 3 rings (SSSR count). The van der Waals surface area contributed by atoms with E-state index in [1.165, 1.54) is 12.8 Å². The molecule has 0 radical (unpaired) electrons. The summed E-state index contributed by atoms with van der Waals surface area (Å²) in [5.41, 5.74) is 1.03. The van der Waals surface area contributed by atoms with Crippen molar-refractivity contribution in [1.29, 1.82) is 0 Å². The molecule has 1 saturated heterocycles. The van der Waals surface area contributed by atoms with Gasteiger partial charge in [-0.3, -0.25) is 0 Å². The van der Waals surface area contributed by atoms with Crippen LogP contribution in [0, 0.1) is 0 Å². The van der Waals surface area contributed by atoms with Crippen molar-refractivity contribution in [2.24, 2.45) is 0 Å². The van der Waals surface area contributed by atoms with Gasteiger partial charge < -0.3 is 14.7 Å². The molecule has 0 spiro atoms. The summed E-state index contributed by atoms with van der Waals surface area (Å²) >= 11 is 0. The van der Waals surface area contributed by atoms with Gasteiger partial charge in [-0.1, -0.05) is 5.16 Å². The van der Waals surface area contributed by atoms with Gasteiger partial charge in [0.1, 0.15) is 11.2 Å². The number of hydrogen-bond acceptors (Lipinski definition) is 8. The molecule has 124 valence electrons. The summed E-state index contributed by atoms with van der Waals surface area (Å²) < 4.78 is 30.7. The van der Waals surface area contributed by atoms with Crippen LogP contribution in [0.1, 0.15) is 12.8 Å². The largest absolute Gasteiger partial charge is 0.370 e. The Morgan fingerprint density at radius 3 is 2.78 bits per heavy atom. The van der Waals surface area contributed by atoms with E-state index in [2.05, 4.69) is 34.8 Å². The van der Waals surface area contributed by atoms with E-state index >= 15 is 0 Å². The fraction of sp³-hybridized carbons (Fsp3) is 0.462. The van der Waals surface area contributed by atoms with E-state index in [-0.39, 0.29) is 11.4 Å². The minimum Gasteiger partial charge on any atom is -0.370 e. The first-order valence-electron chi connectivity index (χ1n) is 7.36. The SMILES string of the molecule is O=S(=O)(NCCNc1cc(N2CCCC2)cnn1)c1cnoc1. The Bertz CT molecular complexity index is 728. The minimum absolute atomic E-state index is 0.00771. The number of rotatable bonds is 7. The average Bonchev–Trinajstić information content (AvgIpc) is 3.25. The normalized spacial score (nSPS) is 15.0. The van der Waals surface area contributed by atoms with E-state index < -0.39 is 10.0 Å². The van der Waals surface area contributed by atoms with Gasteiger partial charge in [0.15, 0.2) is 5.82 Å². The Morgan fingerprint density at radius 2 is 2.04 bits per heavy atom. The summed E-state index contributed by atoms with van der Waals surface area (Å²) in [5.74, 6) is 0.624. The molecule has 23 heavy (non-hydrogen) atoms. The standard InChI is InChI=1S/C13H18N6O3S/c20-23(21,12-9-16-22-10-12)17-4-3-14-13-7-11(8-15-18-13)19-5-1-2-6-19/h7-10,17H,1-6H2,(H,14,18). The third kappa shape index (κ3) is 3.96. The van der Waals surface area contributed by atoms with Crippen molar-refractivity contribution in [2.75, 3.05) is 36.4 Å². The lowest BCUT2D eigenvalue weighted by molar-refractivity contribution is 0.417. The molecule has 0 unspecified atom stereocenters. The van der Waals surface area contributed by atoms with Gasteiger partial charge in [0, 0.05) is 32.2 Å². The zero-order chi connectivity index (χ0) is 16.1. The molecule has 10 heteroatoms. The third-order valence-corrected chi connectivity index (χ3v) is 4.96. The molecule has 0 aromatic carbocycles. The molecule has 0 bridgehead atoms. The summed E-state index contributed by atoms with van der Waals surface area (Å²) in [4.78, 5) is 2.27. The maximum atomic E-state index is 11.9. The molecule has 0 amide bonds. The van der Waals surface area contributed by atoms with Gasteiger partial charge in [-0.05, 0) is 12.8 Å². The van der Waals surface area contributed by atoms with Crippen LogP contribution in [0.5, 0.6) is 0 Å². The minimum atomic E-state index is -3.58. The monoisotopic (exact) mass is 338 g/mol. The summed E-state index contributed by atoms with van der Waals surface area (Å²) in [6, 6.07) is 1.92. The highest BCUT2D eigenvalue weighted by atomic mass is 32.2. The van der Waals surface area contributed by atoms with Gasteiger partial charge in [0.25, 0.3) is 0 Å². The molecule has 0 aliphatic carbocycles. The maximum Gasteiger partial charge on any atom is 0.245 e. The quantitative estimate of drug-likeness (QED) is 0.700. The van der Waals surface area contributed by atoms with E-state index in [4.69, 9.17) is 0 Å². The van der Waals surface area contributed by atoms with Crippen molar-refractivity contribution in [3.05, 3.63) is 24.7 Å². The first-order valence-corrected chi connectivity index (χ1v) is 8.84. The number of anilines is 2. The zero-order valence-electron chi connectivity index (χ0n) is 12.5. The van der Waals surface area contributed by atoms with Crippen LogP contribution in [-0.4, -0.2) is 50.0 Å². The molecule has 2 aromatic heterocycles. The number of nitrogens with one attached hydrogen (secondary N) is 2. The predicted octanol–water partition coefficient (Wildman–Crippen LogP) is 0.455. The Hall–Kier alpha value is -2.20. The van der Waals surface area contributed by atoms with E-state index in [1.54, 1.807) is 6.20 Å². The van der Waals surface area contributed by atoms with Crippen LogP contribution in [-0.2, 0) is 10.0 Å². The van der Waals surface area contributed by atoms with Crippen molar-refractivity contribution in [2.45, 2.75) is 17.7 Å². The second kappa shape index (κ2) is 6.92. The summed E-state index contributed by atoms with van der Waals surface area (Å²) in [5, 5.41) is 14.4. The van der Waals surface area contributed by atoms with Gasteiger partial charge >= 0.3 is 0 Å². The maximum absolute atomic E-state index is 11.9. The molecule has 1 fully saturated rings. The summed E-state index contributed by atoms with van der Waals surface area (Å²) in [6.45, 7) is 2.67. The number of hydrogen-bond donors (Lipinski definition) is 2. The van der Waals surface area contributed by atoms with Crippen LogP contribution in [0.3, 0.4) is 0 Å². The van der Waals surface area contributed by atoms with Gasteiger partial charge in [-0.25, -0.2) is 13.1 Å². The van der Waals surface area contributed by atoms with E-state index in [0.717, 1.165) is 31.2 Å². The fourth-order valence-corrected chi connectivity index (χ4v) is 3.27. The second-order valence-corrected chi connectivity index (χ2v) is 6.94. The van der Waals surface area contributed by atoms with Crippen molar-refractivity contribution in [3.8, 4) is 0 Å². The van der Waals surface area contributed by atoms with Crippen LogP contribution in [0.15, 0.2) is 34.1 Å². The Morgan fingerprint density at radius 1 is 1.22 bits per heavy atom.